The first-order chi connectivity index (χ1) is 8.93. The second-order valence-electron chi connectivity index (χ2n) is 4.60. The Morgan fingerprint density at radius 1 is 1.39 bits per heavy atom. The lowest BCUT2D eigenvalue weighted by molar-refractivity contribution is 0.611. The second-order valence-corrected chi connectivity index (χ2v) is 5.32. The summed E-state index contributed by atoms with van der Waals surface area (Å²) in [4.78, 5) is 4.29. The maximum Gasteiger partial charge on any atom is 0.0794 e. The van der Waals surface area contributed by atoms with Crippen LogP contribution in [0.4, 0.5) is 5.69 Å². The van der Waals surface area contributed by atoms with E-state index in [1.807, 2.05) is 5.51 Å². The molecule has 2 N–H and O–H groups in total. The third-order valence-electron chi connectivity index (χ3n) is 3.37. The Morgan fingerprint density at radius 2 is 2.33 bits per heavy atom. The molecule has 1 aliphatic heterocycles. The molecule has 1 aromatic carbocycles. The molecule has 0 saturated heterocycles. The second kappa shape index (κ2) is 5.50. The molecule has 2 heterocycles. The molecule has 0 saturated carbocycles. The third kappa shape index (κ3) is 2.54. The average Bonchev–Trinajstić information content (AvgIpc) is 3.04. The number of hydrogen-bond acceptors (Lipinski definition) is 4. The highest BCUT2D eigenvalue weighted by Crippen LogP contribution is 2.30. The number of nitrogens with zero attached hydrogens (tertiary/aromatic N) is 1. The van der Waals surface area contributed by atoms with Gasteiger partial charge in [0.25, 0.3) is 0 Å². The first-order valence-corrected chi connectivity index (χ1v) is 7.28. The largest absolute Gasteiger partial charge is 0.384 e. The van der Waals surface area contributed by atoms with Gasteiger partial charge in [0, 0.05) is 43.0 Å². The van der Waals surface area contributed by atoms with Gasteiger partial charge in [0.05, 0.1) is 11.2 Å². The minimum atomic E-state index is 0.594. The van der Waals surface area contributed by atoms with E-state index in [1.165, 1.54) is 16.9 Å². The highest BCUT2D eigenvalue weighted by atomic mass is 32.1. The van der Waals surface area contributed by atoms with Crippen LogP contribution < -0.4 is 10.6 Å². The van der Waals surface area contributed by atoms with Crippen molar-refractivity contribution in [1.29, 1.82) is 0 Å². The van der Waals surface area contributed by atoms with Crippen LogP contribution in [0.15, 0.2) is 35.2 Å². The molecule has 0 bridgehead atoms. The summed E-state index contributed by atoms with van der Waals surface area (Å²) < 4.78 is 0. The molecule has 3 nitrogen and oxygen atoms in total. The fourth-order valence-electron chi connectivity index (χ4n) is 2.39. The maximum atomic E-state index is 4.29. The van der Waals surface area contributed by atoms with Crippen molar-refractivity contribution in [2.24, 2.45) is 0 Å². The van der Waals surface area contributed by atoms with Gasteiger partial charge in [-0.2, -0.15) is 0 Å². The Morgan fingerprint density at radius 3 is 3.22 bits per heavy atom. The fraction of sp³-hybridized carbons (Fsp3) is 0.357. The Balaban J connectivity index is 1.47. The minimum Gasteiger partial charge on any atom is -0.384 e. The molecule has 1 unspecified atom stereocenters. The van der Waals surface area contributed by atoms with Crippen molar-refractivity contribution in [2.75, 3.05) is 25.0 Å². The monoisotopic (exact) mass is 259 g/mol. The molecular formula is C14H17N3S. The fourth-order valence-corrected chi connectivity index (χ4v) is 2.99. The molecule has 1 atom stereocenters. The van der Waals surface area contributed by atoms with E-state index in [0.717, 1.165) is 26.1 Å². The molecular weight excluding hydrogens is 242 g/mol. The van der Waals surface area contributed by atoms with Gasteiger partial charge < -0.3 is 10.6 Å². The van der Waals surface area contributed by atoms with Crippen LogP contribution >= 0.6 is 11.3 Å². The molecule has 4 heteroatoms. The number of para-hydroxylation sites is 1. The molecule has 0 amide bonds. The number of hydrogen-bond donors (Lipinski definition) is 2. The zero-order valence-corrected chi connectivity index (χ0v) is 11.0. The predicted molar refractivity (Wildman–Crippen MR) is 76.4 cm³/mol. The molecule has 0 radical (unpaired) electrons. The summed E-state index contributed by atoms with van der Waals surface area (Å²) in [5.74, 6) is 0.594. The maximum absolute atomic E-state index is 4.29. The van der Waals surface area contributed by atoms with Crippen LogP contribution in [0.5, 0.6) is 0 Å². The van der Waals surface area contributed by atoms with Crippen LogP contribution in [0, 0.1) is 0 Å². The highest BCUT2D eigenvalue weighted by molar-refractivity contribution is 7.07. The number of fused-ring (bicyclic) bond motifs is 1. The summed E-state index contributed by atoms with van der Waals surface area (Å²) in [7, 11) is 0. The number of rotatable bonds is 5. The smallest absolute Gasteiger partial charge is 0.0794 e. The van der Waals surface area contributed by atoms with Crippen LogP contribution in [0.25, 0.3) is 0 Å². The van der Waals surface area contributed by atoms with Gasteiger partial charge in [-0.15, -0.1) is 11.3 Å². The van der Waals surface area contributed by atoms with Crippen LogP contribution in [-0.2, 0) is 6.42 Å². The summed E-state index contributed by atoms with van der Waals surface area (Å²) >= 11 is 1.66. The Labute approximate surface area is 111 Å². The molecule has 3 rings (SSSR count). The predicted octanol–water partition coefficient (Wildman–Crippen LogP) is 2.48. The van der Waals surface area contributed by atoms with E-state index in [4.69, 9.17) is 0 Å². The van der Waals surface area contributed by atoms with Gasteiger partial charge in [-0.1, -0.05) is 18.2 Å². The van der Waals surface area contributed by atoms with Crippen LogP contribution in [-0.4, -0.2) is 24.6 Å². The van der Waals surface area contributed by atoms with Gasteiger partial charge in [0.1, 0.15) is 0 Å². The Kier molecular flexibility index (Phi) is 3.57. The van der Waals surface area contributed by atoms with Crippen LogP contribution in [0.3, 0.4) is 0 Å². The normalized spacial score (nSPS) is 17.4. The zero-order chi connectivity index (χ0) is 12.2. The topological polar surface area (TPSA) is 37.0 Å². The molecule has 94 valence electrons. The SMILES string of the molecule is c1ccc2c(c1)NCC2CNCCc1cscn1. The lowest BCUT2D eigenvalue weighted by Crippen LogP contribution is -2.24. The first kappa shape index (κ1) is 11.7. The van der Waals surface area contributed by atoms with Gasteiger partial charge in [0.2, 0.25) is 0 Å². The average molecular weight is 259 g/mol. The quantitative estimate of drug-likeness (QED) is 0.810. The third-order valence-corrected chi connectivity index (χ3v) is 4.01. The van der Waals surface area contributed by atoms with Crippen LogP contribution in [0.1, 0.15) is 17.2 Å². The summed E-state index contributed by atoms with van der Waals surface area (Å²) in [5.41, 5.74) is 5.83. The van der Waals surface area contributed by atoms with E-state index in [0.29, 0.717) is 5.92 Å². The van der Waals surface area contributed by atoms with E-state index in [-0.39, 0.29) is 0 Å². The molecule has 18 heavy (non-hydrogen) atoms. The number of nitrogens with one attached hydrogen (secondary N) is 2. The summed E-state index contributed by atoms with van der Waals surface area (Å²) in [6, 6.07) is 8.59. The van der Waals surface area contributed by atoms with Crippen molar-refractivity contribution in [1.82, 2.24) is 10.3 Å². The van der Waals surface area contributed by atoms with Crippen LogP contribution in [0.2, 0.25) is 0 Å². The van der Waals surface area contributed by atoms with Gasteiger partial charge >= 0.3 is 0 Å². The Bertz CT molecular complexity index is 496. The van der Waals surface area contributed by atoms with Gasteiger partial charge in [0.15, 0.2) is 0 Å². The Hall–Kier alpha value is -1.39. The van der Waals surface area contributed by atoms with E-state index in [2.05, 4.69) is 45.3 Å². The number of thiazole rings is 1. The molecule has 2 aromatic rings. The molecule has 0 aliphatic carbocycles. The lowest BCUT2D eigenvalue weighted by Gasteiger charge is -2.11. The zero-order valence-electron chi connectivity index (χ0n) is 10.2. The molecule has 0 spiro atoms. The lowest BCUT2D eigenvalue weighted by atomic mass is 10.0. The van der Waals surface area contributed by atoms with Gasteiger partial charge in [-0.05, 0) is 11.6 Å². The van der Waals surface area contributed by atoms with Crippen molar-refractivity contribution < 1.29 is 0 Å². The first-order valence-electron chi connectivity index (χ1n) is 6.34. The highest BCUT2D eigenvalue weighted by Gasteiger charge is 2.20. The van der Waals surface area contributed by atoms with E-state index < -0.39 is 0 Å². The molecule has 1 aromatic heterocycles. The van der Waals surface area contributed by atoms with Gasteiger partial charge in [-0.3, -0.25) is 0 Å². The summed E-state index contributed by atoms with van der Waals surface area (Å²) in [6.07, 6.45) is 1.02. The van der Waals surface area contributed by atoms with Crippen molar-refractivity contribution in [3.05, 3.63) is 46.4 Å². The molecule has 1 aliphatic rings. The standard InChI is InChI=1S/C14H17N3S/c1-2-4-14-13(3-1)11(8-16-14)7-15-6-5-12-9-18-10-17-12/h1-4,9-11,15-16H,5-8H2. The number of anilines is 1. The summed E-state index contributed by atoms with van der Waals surface area (Å²) in [6.45, 7) is 3.08. The van der Waals surface area contributed by atoms with Crippen molar-refractivity contribution in [2.45, 2.75) is 12.3 Å². The minimum absolute atomic E-state index is 0.594. The van der Waals surface area contributed by atoms with Gasteiger partial charge in [-0.25, -0.2) is 4.98 Å². The van der Waals surface area contributed by atoms with Crippen molar-refractivity contribution >= 4 is 17.0 Å². The molecule has 0 fully saturated rings. The van der Waals surface area contributed by atoms with Crippen molar-refractivity contribution in [3.63, 3.8) is 0 Å². The van der Waals surface area contributed by atoms with Crippen molar-refractivity contribution in [3.8, 4) is 0 Å². The van der Waals surface area contributed by atoms with E-state index in [1.54, 1.807) is 11.3 Å². The van der Waals surface area contributed by atoms with E-state index >= 15 is 0 Å². The number of benzene rings is 1. The number of aromatic nitrogens is 1. The van der Waals surface area contributed by atoms with E-state index in [9.17, 15) is 0 Å². The summed E-state index contributed by atoms with van der Waals surface area (Å²) in [5, 5.41) is 9.10.